The van der Waals surface area contributed by atoms with Crippen LogP contribution in [0.4, 0.5) is 11.9 Å². The molecule has 0 atom stereocenters. The van der Waals surface area contributed by atoms with E-state index in [1.54, 1.807) is 38.3 Å². The number of methoxy groups -OCH3 is 1. The van der Waals surface area contributed by atoms with Gasteiger partial charge in [-0.25, -0.2) is 0 Å². The lowest BCUT2D eigenvalue weighted by Crippen LogP contribution is -2.15. The highest BCUT2D eigenvalue weighted by Gasteiger charge is 2.09. The van der Waals surface area contributed by atoms with E-state index in [9.17, 15) is 5.26 Å². The predicted molar refractivity (Wildman–Crippen MR) is 94.2 cm³/mol. The highest BCUT2D eigenvalue weighted by Crippen LogP contribution is 2.19. The van der Waals surface area contributed by atoms with Gasteiger partial charge in [-0.15, -0.1) is 0 Å². The van der Waals surface area contributed by atoms with Crippen LogP contribution in [0.3, 0.4) is 0 Å². The molecule has 2 rings (SSSR count). The van der Waals surface area contributed by atoms with Gasteiger partial charge in [-0.1, -0.05) is 30.4 Å². The SMILES string of the molecule is COc1ccccc1/C=C/C=C(\C#N)c1nc(N)nc(N(C)C)n1. The molecule has 1 heterocycles. The van der Waals surface area contributed by atoms with Crippen LogP contribution < -0.4 is 15.4 Å². The van der Waals surface area contributed by atoms with Crippen LogP contribution in [0.25, 0.3) is 11.6 Å². The van der Waals surface area contributed by atoms with Gasteiger partial charge in [0.15, 0.2) is 5.82 Å². The molecule has 7 heteroatoms. The van der Waals surface area contributed by atoms with E-state index in [4.69, 9.17) is 10.5 Å². The van der Waals surface area contributed by atoms with Crippen molar-refractivity contribution in [1.82, 2.24) is 15.0 Å². The minimum Gasteiger partial charge on any atom is -0.496 e. The normalized spacial score (nSPS) is 11.3. The Labute approximate surface area is 140 Å². The van der Waals surface area contributed by atoms with Gasteiger partial charge in [0.1, 0.15) is 11.8 Å². The molecule has 2 aromatic rings. The third-order valence-corrected chi connectivity index (χ3v) is 3.08. The molecule has 0 aliphatic rings. The summed E-state index contributed by atoms with van der Waals surface area (Å²) in [7, 11) is 5.19. The average Bonchev–Trinajstić information content (AvgIpc) is 2.58. The summed E-state index contributed by atoms with van der Waals surface area (Å²) in [6, 6.07) is 9.66. The summed E-state index contributed by atoms with van der Waals surface area (Å²) in [5.41, 5.74) is 6.88. The smallest absolute Gasteiger partial charge is 0.230 e. The molecule has 122 valence electrons. The third kappa shape index (κ3) is 4.08. The Morgan fingerprint density at radius 2 is 2.00 bits per heavy atom. The predicted octanol–water partition coefficient (Wildman–Crippen LogP) is 2.15. The molecule has 0 bridgehead atoms. The molecule has 0 aliphatic carbocycles. The molecule has 0 aliphatic heterocycles. The van der Waals surface area contributed by atoms with E-state index in [1.165, 1.54) is 0 Å². The molecule has 0 saturated carbocycles. The summed E-state index contributed by atoms with van der Waals surface area (Å²) in [5.74, 6) is 1.45. The summed E-state index contributed by atoms with van der Waals surface area (Å²) in [4.78, 5) is 14.0. The van der Waals surface area contributed by atoms with Crippen LogP contribution in [0.2, 0.25) is 0 Å². The summed E-state index contributed by atoms with van der Waals surface area (Å²) in [6.45, 7) is 0. The van der Waals surface area contributed by atoms with Crippen LogP contribution in [-0.4, -0.2) is 36.2 Å². The number of nitrogens with zero attached hydrogens (tertiary/aromatic N) is 5. The van der Waals surface area contributed by atoms with Gasteiger partial charge in [0.05, 0.1) is 12.7 Å². The lowest BCUT2D eigenvalue weighted by molar-refractivity contribution is 0.414. The average molecular weight is 322 g/mol. The van der Waals surface area contributed by atoms with Crippen molar-refractivity contribution in [3.8, 4) is 11.8 Å². The first-order valence-corrected chi connectivity index (χ1v) is 7.16. The quantitative estimate of drug-likeness (QED) is 0.664. The van der Waals surface area contributed by atoms with E-state index >= 15 is 0 Å². The Hall–Kier alpha value is -3.40. The first-order valence-electron chi connectivity index (χ1n) is 7.16. The van der Waals surface area contributed by atoms with Crippen molar-refractivity contribution in [3.05, 3.63) is 47.8 Å². The lowest BCUT2D eigenvalue weighted by Gasteiger charge is -2.10. The maximum Gasteiger partial charge on any atom is 0.230 e. The van der Waals surface area contributed by atoms with Gasteiger partial charge in [-0.2, -0.15) is 20.2 Å². The van der Waals surface area contributed by atoms with Gasteiger partial charge in [0.25, 0.3) is 0 Å². The molecule has 1 aromatic heterocycles. The third-order valence-electron chi connectivity index (χ3n) is 3.08. The number of ether oxygens (including phenoxy) is 1. The van der Waals surface area contributed by atoms with E-state index in [0.29, 0.717) is 11.5 Å². The molecule has 0 unspecified atom stereocenters. The number of rotatable bonds is 5. The maximum absolute atomic E-state index is 9.37. The van der Waals surface area contributed by atoms with Crippen LogP contribution in [0.5, 0.6) is 5.75 Å². The van der Waals surface area contributed by atoms with Gasteiger partial charge < -0.3 is 15.4 Å². The Kier molecular flexibility index (Phi) is 5.47. The number of anilines is 2. The van der Waals surface area contributed by atoms with Crippen LogP contribution in [-0.2, 0) is 0 Å². The zero-order valence-corrected chi connectivity index (χ0v) is 13.8. The van der Waals surface area contributed by atoms with Crippen LogP contribution in [0, 0.1) is 11.3 Å². The van der Waals surface area contributed by atoms with Gasteiger partial charge >= 0.3 is 0 Å². The number of para-hydroxylation sites is 1. The van der Waals surface area contributed by atoms with Crippen molar-refractivity contribution < 1.29 is 4.74 Å². The number of nitrogen functional groups attached to an aromatic ring is 1. The van der Waals surface area contributed by atoms with E-state index in [1.807, 2.05) is 30.3 Å². The number of allylic oxidation sites excluding steroid dienone is 3. The van der Waals surface area contributed by atoms with Gasteiger partial charge in [-0.3, -0.25) is 0 Å². The summed E-state index contributed by atoms with van der Waals surface area (Å²) in [6.07, 6.45) is 5.21. The van der Waals surface area contributed by atoms with Crippen molar-refractivity contribution in [1.29, 1.82) is 5.26 Å². The van der Waals surface area contributed by atoms with E-state index in [2.05, 4.69) is 21.0 Å². The Bertz CT molecular complexity index is 820. The fraction of sp³-hybridized carbons (Fsp3) is 0.176. The van der Waals surface area contributed by atoms with Gasteiger partial charge in [0.2, 0.25) is 11.9 Å². The highest BCUT2D eigenvalue weighted by atomic mass is 16.5. The van der Waals surface area contributed by atoms with Gasteiger partial charge in [0, 0.05) is 19.7 Å². The zero-order chi connectivity index (χ0) is 17.5. The second-order valence-electron chi connectivity index (χ2n) is 5.00. The lowest BCUT2D eigenvalue weighted by atomic mass is 10.1. The Balaban J connectivity index is 2.33. The second-order valence-corrected chi connectivity index (χ2v) is 5.00. The van der Waals surface area contributed by atoms with Crippen molar-refractivity contribution in [2.24, 2.45) is 0 Å². The molecule has 0 fully saturated rings. The first kappa shape index (κ1) is 17.0. The van der Waals surface area contributed by atoms with E-state index in [0.717, 1.165) is 11.3 Å². The number of hydrogen-bond acceptors (Lipinski definition) is 7. The fourth-order valence-corrected chi connectivity index (χ4v) is 1.92. The summed E-state index contributed by atoms with van der Waals surface area (Å²) < 4.78 is 5.28. The number of nitrogens with two attached hydrogens (primary N) is 1. The standard InChI is InChI=1S/C17H18N6O/c1-23(2)17-21-15(20-16(19)22-17)13(11-18)9-6-8-12-7-4-5-10-14(12)24-3/h4-10H,1-3H3,(H2,19,20,21,22)/b8-6+,13-9+. The second kappa shape index (κ2) is 7.74. The molecular weight excluding hydrogens is 304 g/mol. The molecule has 0 spiro atoms. The molecule has 2 N–H and O–H groups in total. The maximum atomic E-state index is 9.37. The zero-order valence-electron chi connectivity index (χ0n) is 13.8. The molecule has 0 saturated heterocycles. The van der Waals surface area contributed by atoms with E-state index < -0.39 is 0 Å². The van der Waals surface area contributed by atoms with Crippen molar-refractivity contribution >= 4 is 23.5 Å². The van der Waals surface area contributed by atoms with Crippen molar-refractivity contribution in [2.45, 2.75) is 0 Å². The summed E-state index contributed by atoms with van der Waals surface area (Å²) in [5, 5.41) is 9.37. The number of benzene rings is 1. The van der Waals surface area contributed by atoms with Gasteiger partial charge in [-0.05, 0) is 12.1 Å². The largest absolute Gasteiger partial charge is 0.496 e. The Morgan fingerprint density at radius 3 is 2.67 bits per heavy atom. The molecule has 1 aromatic carbocycles. The summed E-state index contributed by atoms with van der Waals surface area (Å²) >= 11 is 0. The number of hydrogen-bond donors (Lipinski definition) is 1. The minimum absolute atomic E-state index is 0.0681. The fourth-order valence-electron chi connectivity index (χ4n) is 1.92. The molecule has 7 nitrogen and oxygen atoms in total. The molecule has 0 radical (unpaired) electrons. The number of aromatic nitrogens is 3. The highest BCUT2D eigenvalue weighted by molar-refractivity contribution is 5.76. The number of nitriles is 1. The first-order chi connectivity index (χ1) is 11.5. The molecule has 24 heavy (non-hydrogen) atoms. The van der Waals surface area contributed by atoms with Crippen molar-refractivity contribution in [2.75, 3.05) is 31.8 Å². The van der Waals surface area contributed by atoms with Crippen LogP contribution in [0.1, 0.15) is 11.4 Å². The van der Waals surface area contributed by atoms with Crippen LogP contribution in [0.15, 0.2) is 36.4 Å². The minimum atomic E-state index is 0.0681. The van der Waals surface area contributed by atoms with E-state index in [-0.39, 0.29) is 11.8 Å². The topological polar surface area (TPSA) is 101 Å². The monoisotopic (exact) mass is 322 g/mol. The van der Waals surface area contributed by atoms with Crippen LogP contribution >= 0.6 is 0 Å². The molecular formula is C17H18N6O. The molecule has 0 amide bonds. The van der Waals surface area contributed by atoms with Crippen molar-refractivity contribution in [3.63, 3.8) is 0 Å². The Morgan fingerprint density at radius 1 is 1.25 bits per heavy atom.